The number of carbonyl (C=O) groups excluding carboxylic acids is 1. The van der Waals surface area contributed by atoms with E-state index in [9.17, 15) is 14.7 Å². The number of carboxylic acids is 1. The summed E-state index contributed by atoms with van der Waals surface area (Å²) in [6.07, 6.45) is 0.200. The lowest BCUT2D eigenvalue weighted by molar-refractivity contribution is -0.208. The van der Waals surface area contributed by atoms with Gasteiger partial charge in [-0.15, -0.1) is 0 Å². The molecule has 6 heteroatoms. The van der Waals surface area contributed by atoms with E-state index in [1.54, 1.807) is 63.2 Å². The normalized spacial score (nSPS) is 14.6. The number of carbonyl (C=O) groups is 1. The van der Waals surface area contributed by atoms with Gasteiger partial charge in [0, 0.05) is 0 Å². The van der Waals surface area contributed by atoms with Crippen LogP contribution in [0.3, 0.4) is 0 Å². The van der Waals surface area contributed by atoms with E-state index in [4.69, 9.17) is 9.47 Å². The molecule has 6 nitrogen and oxygen atoms in total. The van der Waals surface area contributed by atoms with Gasteiger partial charge in [-0.1, -0.05) is 60.7 Å². The summed E-state index contributed by atoms with van der Waals surface area (Å²) in [7, 11) is 0. The van der Waals surface area contributed by atoms with Crippen LogP contribution < -0.4 is 0 Å². The topological polar surface area (TPSA) is 85.2 Å². The Kier molecular flexibility index (Phi) is 6.64. The van der Waals surface area contributed by atoms with Crippen molar-refractivity contribution in [2.24, 2.45) is 4.99 Å². The molecule has 1 N–H and O–H groups in total. The third-order valence-electron chi connectivity index (χ3n) is 3.75. The zero-order valence-electron chi connectivity index (χ0n) is 15.6. The van der Waals surface area contributed by atoms with Crippen molar-refractivity contribution in [3.8, 4) is 0 Å². The minimum atomic E-state index is -2.27. The van der Waals surface area contributed by atoms with Gasteiger partial charge in [-0.25, -0.2) is 9.59 Å². The first-order chi connectivity index (χ1) is 12.8. The average molecular weight is 369 g/mol. The van der Waals surface area contributed by atoms with Crippen LogP contribution in [0.2, 0.25) is 0 Å². The van der Waals surface area contributed by atoms with Crippen LogP contribution in [0.15, 0.2) is 65.7 Å². The largest absolute Gasteiger partial charge is 0.478 e. The molecule has 0 aliphatic carbocycles. The Morgan fingerprint density at radius 3 is 2.11 bits per heavy atom. The number of aliphatic carboxylic acids is 1. The summed E-state index contributed by atoms with van der Waals surface area (Å²) >= 11 is 0. The molecular formula is C21H23NO5. The third-order valence-corrected chi connectivity index (χ3v) is 3.75. The van der Waals surface area contributed by atoms with Crippen LogP contribution in [0.25, 0.3) is 0 Å². The molecule has 0 unspecified atom stereocenters. The van der Waals surface area contributed by atoms with E-state index >= 15 is 0 Å². The number of ether oxygens (including phenoxy) is 2. The minimum Gasteiger partial charge on any atom is -0.478 e. The van der Waals surface area contributed by atoms with Gasteiger partial charge in [0.25, 0.3) is 5.72 Å². The summed E-state index contributed by atoms with van der Waals surface area (Å²) in [5, 5.41) is 9.98. The Hall–Kier alpha value is -2.79. The van der Waals surface area contributed by atoms with Gasteiger partial charge in [0.15, 0.2) is 0 Å². The van der Waals surface area contributed by atoms with Gasteiger partial charge in [-0.05, 0) is 31.9 Å². The van der Waals surface area contributed by atoms with E-state index in [0.29, 0.717) is 5.56 Å². The Labute approximate surface area is 158 Å². The quantitative estimate of drug-likeness (QED) is 0.564. The zero-order chi connectivity index (χ0) is 19.9. The fourth-order valence-corrected chi connectivity index (χ4v) is 2.58. The fourth-order valence-electron chi connectivity index (χ4n) is 2.58. The van der Waals surface area contributed by atoms with Gasteiger partial charge in [0.1, 0.15) is 6.10 Å². The van der Waals surface area contributed by atoms with Crippen LogP contribution in [0.1, 0.15) is 38.0 Å². The van der Waals surface area contributed by atoms with E-state index in [-0.39, 0.29) is 6.61 Å². The second-order valence-corrected chi connectivity index (χ2v) is 7.00. The molecule has 0 amide bonds. The van der Waals surface area contributed by atoms with Gasteiger partial charge in [0.2, 0.25) is 6.08 Å². The smallest absolute Gasteiger partial charge is 0.363 e. The van der Waals surface area contributed by atoms with Gasteiger partial charge >= 0.3 is 5.97 Å². The maximum Gasteiger partial charge on any atom is 0.363 e. The summed E-state index contributed by atoms with van der Waals surface area (Å²) in [6.45, 7) is 5.31. The lowest BCUT2D eigenvalue weighted by Gasteiger charge is -2.36. The number of rotatable bonds is 8. The van der Waals surface area contributed by atoms with Crippen molar-refractivity contribution >= 4 is 12.0 Å². The molecule has 2 aromatic carbocycles. The SMILES string of the molecule is CC(C)(C)O[C@@H](c1ccccc1)[C@@](N=C=O)(OCc1ccccc1)C(=O)O. The molecule has 27 heavy (non-hydrogen) atoms. The van der Waals surface area contributed by atoms with E-state index in [2.05, 4.69) is 4.99 Å². The summed E-state index contributed by atoms with van der Waals surface area (Å²) in [5.41, 5.74) is -1.71. The highest BCUT2D eigenvalue weighted by molar-refractivity contribution is 5.79. The van der Waals surface area contributed by atoms with Crippen molar-refractivity contribution in [2.75, 3.05) is 0 Å². The first kappa shape index (κ1) is 20.5. The molecule has 0 aliphatic rings. The number of benzene rings is 2. The molecule has 2 atom stereocenters. The molecule has 2 rings (SSSR count). The maximum atomic E-state index is 12.3. The minimum absolute atomic E-state index is 0.0604. The van der Waals surface area contributed by atoms with Gasteiger partial charge < -0.3 is 14.6 Å². The molecule has 0 radical (unpaired) electrons. The highest BCUT2D eigenvalue weighted by Gasteiger charge is 2.51. The van der Waals surface area contributed by atoms with E-state index in [1.807, 2.05) is 18.2 Å². The molecule has 0 heterocycles. The maximum absolute atomic E-state index is 12.3. The standard InChI is InChI=1S/C21H23NO5/c1-20(2,3)27-18(17-12-8-5-9-13-17)21(19(24)25,22-15-23)26-14-16-10-6-4-7-11-16/h4-13,18H,14H2,1-3H3,(H,24,25)/t18-,21+/m0/s1. The lowest BCUT2D eigenvalue weighted by Crippen LogP contribution is -2.48. The number of carboxylic acid groups (broad SMARTS) is 1. The Morgan fingerprint density at radius 2 is 1.63 bits per heavy atom. The van der Waals surface area contributed by atoms with E-state index in [0.717, 1.165) is 5.56 Å². The number of aliphatic imine (C=N–C) groups is 1. The lowest BCUT2D eigenvalue weighted by atomic mass is 9.97. The van der Waals surface area contributed by atoms with Crippen LogP contribution in [0.4, 0.5) is 0 Å². The Bertz CT molecular complexity index is 790. The second-order valence-electron chi connectivity index (χ2n) is 7.00. The van der Waals surface area contributed by atoms with Gasteiger partial charge in [-0.3, -0.25) is 0 Å². The van der Waals surface area contributed by atoms with Crippen molar-refractivity contribution in [2.45, 2.75) is 44.8 Å². The average Bonchev–Trinajstić information content (AvgIpc) is 2.64. The Balaban J connectivity index is 2.52. The molecule has 0 saturated heterocycles. The van der Waals surface area contributed by atoms with Gasteiger partial charge in [0.05, 0.1) is 12.2 Å². The predicted molar refractivity (Wildman–Crippen MR) is 99.7 cm³/mol. The number of nitrogens with zero attached hydrogens (tertiary/aromatic N) is 1. The van der Waals surface area contributed by atoms with Crippen LogP contribution in [-0.4, -0.2) is 28.5 Å². The predicted octanol–water partition coefficient (Wildman–Crippen LogP) is 3.88. The third kappa shape index (κ3) is 5.34. The highest BCUT2D eigenvalue weighted by atomic mass is 16.6. The number of hydrogen-bond donors (Lipinski definition) is 1. The molecular weight excluding hydrogens is 346 g/mol. The molecule has 0 aliphatic heterocycles. The summed E-state index contributed by atoms with van der Waals surface area (Å²) < 4.78 is 11.7. The van der Waals surface area contributed by atoms with Crippen molar-refractivity contribution in [1.29, 1.82) is 0 Å². The summed E-state index contributed by atoms with van der Waals surface area (Å²) in [4.78, 5) is 27.0. The molecule has 142 valence electrons. The van der Waals surface area contributed by atoms with Gasteiger partial charge in [-0.2, -0.15) is 4.99 Å². The molecule has 0 bridgehead atoms. The van der Waals surface area contributed by atoms with Crippen molar-refractivity contribution in [1.82, 2.24) is 0 Å². The van der Waals surface area contributed by atoms with Crippen LogP contribution in [-0.2, 0) is 25.7 Å². The van der Waals surface area contributed by atoms with E-state index < -0.39 is 23.4 Å². The monoisotopic (exact) mass is 369 g/mol. The highest BCUT2D eigenvalue weighted by Crippen LogP contribution is 2.38. The van der Waals surface area contributed by atoms with Crippen molar-refractivity contribution < 1.29 is 24.2 Å². The van der Waals surface area contributed by atoms with E-state index in [1.165, 1.54) is 6.08 Å². The van der Waals surface area contributed by atoms with Crippen LogP contribution in [0.5, 0.6) is 0 Å². The molecule has 2 aromatic rings. The zero-order valence-corrected chi connectivity index (χ0v) is 15.6. The molecule has 0 aromatic heterocycles. The molecule has 0 fully saturated rings. The second kappa shape index (κ2) is 8.73. The van der Waals surface area contributed by atoms with Crippen LogP contribution in [0, 0.1) is 0 Å². The Morgan fingerprint density at radius 1 is 1.07 bits per heavy atom. The van der Waals surface area contributed by atoms with Crippen LogP contribution >= 0.6 is 0 Å². The molecule has 0 saturated carbocycles. The fraction of sp³-hybridized carbons (Fsp3) is 0.333. The first-order valence-electron chi connectivity index (χ1n) is 8.51. The number of isocyanates is 1. The summed E-state index contributed by atoms with van der Waals surface area (Å²) in [5.74, 6) is -1.43. The summed E-state index contributed by atoms with van der Waals surface area (Å²) in [6, 6.07) is 17.8. The first-order valence-corrected chi connectivity index (χ1v) is 8.51. The van der Waals surface area contributed by atoms with Crippen molar-refractivity contribution in [3.63, 3.8) is 0 Å². The molecule has 0 spiro atoms. The number of hydrogen-bond acceptors (Lipinski definition) is 5. The van der Waals surface area contributed by atoms with Crippen molar-refractivity contribution in [3.05, 3.63) is 71.8 Å².